The molecular weight excluding hydrogens is 687 g/mol. The van der Waals surface area contributed by atoms with Gasteiger partial charge in [0.2, 0.25) is 0 Å². The maximum Gasteiger partial charge on any atom is 4.00 e. The van der Waals surface area contributed by atoms with Crippen LogP contribution in [-0.2, 0) is 38.7 Å². The number of rotatable bonds is 8. The first-order valence-electron chi connectivity index (χ1n) is 10.0. The average Bonchev–Trinajstić information content (AvgIpc) is 2.64. The summed E-state index contributed by atoms with van der Waals surface area (Å²) in [7, 11) is 0. The van der Waals surface area contributed by atoms with Crippen LogP contribution < -0.4 is 34.0 Å². The van der Waals surface area contributed by atoms with Gasteiger partial charge >= 0.3 is 25.8 Å². The van der Waals surface area contributed by atoms with Crippen LogP contribution in [0.5, 0.6) is 0 Å². The Kier molecular flexibility index (Phi) is 21.1. The summed E-state index contributed by atoms with van der Waals surface area (Å²) in [5, 5.41) is 0. The molecule has 31 heavy (non-hydrogen) atoms. The molecule has 0 saturated heterocycles. The second kappa shape index (κ2) is 18.8. The molecule has 0 aromatic heterocycles. The Labute approximate surface area is 227 Å². The fourth-order valence-electron chi connectivity index (χ4n) is 3.04. The molecule has 2 rings (SSSR count). The van der Waals surface area contributed by atoms with E-state index in [4.69, 9.17) is 11.5 Å². The van der Waals surface area contributed by atoms with Crippen molar-refractivity contribution in [3.8, 4) is 0 Å². The third-order valence-corrected chi connectivity index (χ3v) is 4.61. The van der Waals surface area contributed by atoms with E-state index in [9.17, 15) is 9.59 Å². The second-order valence-corrected chi connectivity index (χ2v) is 7.19. The van der Waals surface area contributed by atoms with Crippen molar-refractivity contribution in [1.29, 1.82) is 0 Å². The quantitative estimate of drug-likeness (QED) is 0.383. The van der Waals surface area contributed by atoms with Crippen molar-refractivity contribution in [3.05, 3.63) is 81.2 Å². The van der Waals surface area contributed by atoms with Gasteiger partial charge in [-0.3, -0.25) is 0 Å². The number of hydrogen-bond acceptors (Lipinski definition) is 2. The number of benzene rings is 2. The summed E-state index contributed by atoms with van der Waals surface area (Å²) in [4.78, 5) is 22.0. The minimum Gasteiger partial charge on any atom is -1.00 e. The molecule has 0 unspecified atom stereocenters. The topological polar surface area (TPSA) is 81.7 Å². The number of halogens is 2. The Morgan fingerprint density at radius 2 is 1.03 bits per heavy atom. The first-order chi connectivity index (χ1) is 13.3. The van der Waals surface area contributed by atoms with E-state index < -0.39 is 11.8 Å². The van der Waals surface area contributed by atoms with Crippen LogP contribution in [0, 0.1) is 13.8 Å². The Hall–Kier alpha value is -0.790. The minimum atomic E-state index is -0.573. The molecule has 4 nitrogen and oxygen atoms in total. The molecule has 0 aliphatic rings. The first-order valence-corrected chi connectivity index (χ1v) is 10.0. The van der Waals surface area contributed by atoms with Crippen molar-refractivity contribution in [2.75, 3.05) is 0 Å². The van der Waals surface area contributed by atoms with Crippen LogP contribution >= 0.6 is 0 Å². The van der Waals surface area contributed by atoms with Crippen LogP contribution in [-0.4, -0.2) is 11.8 Å². The molecule has 2 amide bonds. The summed E-state index contributed by atoms with van der Waals surface area (Å²) >= 11 is 0. The van der Waals surface area contributed by atoms with Crippen molar-refractivity contribution in [2.45, 2.75) is 66.2 Å². The summed E-state index contributed by atoms with van der Waals surface area (Å²) < 4.78 is 0. The monoisotopic (exact) mass is 718 g/mol. The maximum atomic E-state index is 11.0. The molecule has 0 atom stereocenters. The molecule has 0 fully saturated rings. The molecule has 7 heteroatoms. The van der Waals surface area contributed by atoms with Crippen molar-refractivity contribution in [3.63, 3.8) is 0 Å². The number of hydrogen-bond donors (Lipinski definition) is 0. The molecule has 0 radical (unpaired) electrons. The Bertz CT molecular complexity index is 747. The van der Waals surface area contributed by atoms with Crippen LogP contribution in [0.15, 0.2) is 36.4 Å². The molecule has 0 aliphatic heterocycles. The molecule has 0 saturated carbocycles. The fourth-order valence-corrected chi connectivity index (χ4v) is 3.04. The van der Waals surface area contributed by atoms with E-state index in [2.05, 4.69) is 13.8 Å². The van der Waals surface area contributed by atoms with Crippen molar-refractivity contribution in [2.24, 2.45) is 0 Å². The average molecular weight is 719 g/mol. The smallest absolute Gasteiger partial charge is 1.00 e. The third kappa shape index (κ3) is 12.7. The molecule has 2 aromatic rings. The third-order valence-electron chi connectivity index (χ3n) is 4.61. The largest absolute Gasteiger partial charge is 4.00 e. The van der Waals surface area contributed by atoms with Crippen molar-refractivity contribution in [1.82, 2.24) is 0 Å². The van der Waals surface area contributed by atoms with E-state index in [1.54, 1.807) is 12.1 Å². The van der Waals surface area contributed by atoms with Gasteiger partial charge in [-0.1, -0.05) is 74.2 Å². The normalized spacial score (nSPS) is 9.16. The SMILES string of the molecule is CCCCc1cc(C)ccc1C([NH-])=O.CCCCc1cc(C)ccc1C([NH-])=O.[Br-].[Br-].[Hf+4]. The van der Waals surface area contributed by atoms with Crippen LogP contribution in [0.4, 0.5) is 0 Å². The fraction of sp³-hybridized carbons (Fsp3) is 0.417. The van der Waals surface area contributed by atoms with Gasteiger partial charge in [-0.2, -0.15) is 0 Å². The van der Waals surface area contributed by atoms with Gasteiger partial charge in [0.05, 0.1) is 11.8 Å². The molecule has 0 aliphatic carbocycles. The Balaban J connectivity index is -0.000000461. The standard InChI is InChI=1S/2C12H17NO.2BrH.Hf/c2*1-3-4-5-10-8-9(2)6-7-11(10)12(13)14;;;/h2*6-8H,3-5H2,1-2H3,(H2,13,14);2*1H;/q;;;;+4/p-4. The van der Waals surface area contributed by atoms with Crippen LogP contribution in [0.2, 0.25) is 0 Å². The maximum absolute atomic E-state index is 11.0. The summed E-state index contributed by atoms with van der Waals surface area (Å²) in [6.45, 7) is 8.26. The predicted octanol–water partition coefficient (Wildman–Crippen LogP) is 1.07. The zero-order valence-electron chi connectivity index (χ0n) is 18.8. The molecule has 0 bridgehead atoms. The van der Waals surface area contributed by atoms with Crippen molar-refractivity contribution >= 4 is 11.8 Å². The first kappa shape index (κ1) is 34.8. The Morgan fingerprint density at radius 3 is 1.29 bits per heavy atom. The number of aryl methyl sites for hydroxylation is 4. The van der Waals surface area contributed by atoms with E-state index >= 15 is 0 Å². The summed E-state index contributed by atoms with van der Waals surface area (Å²) in [5.74, 6) is -1.15. The zero-order chi connectivity index (χ0) is 21.1. The van der Waals surface area contributed by atoms with E-state index in [0.717, 1.165) is 60.8 Å². The van der Waals surface area contributed by atoms with E-state index in [1.807, 2.05) is 38.1 Å². The number of unbranched alkanes of at least 4 members (excludes halogenated alkanes) is 2. The van der Waals surface area contributed by atoms with Gasteiger partial charge in [0.25, 0.3) is 0 Å². The van der Waals surface area contributed by atoms with Gasteiger partial charge in [0.1, 0.15) is 0 Å². The Morgan fingerprint density at radius 1 is 0.710 bits per heavy atom. The van der Waals surface area contributed by atoms with Crippen LogP contribution in [0.3, 0.4) is 0 Å². The molecular formula is C24H32Br2HfN2O2. The van der Waals surface area contributed by atoms with Crippen LogP contribution in [0.25, 0.3) is 11.5 Å². The summed E-state index contributed by atoms with van der Waals surface area (Å²) in [6, 6.07) is 11.3. The molecule has 168 valence electrons. The van der Waals surface area contributed by atoms with Gasteiger partial charge in [0.15, 0.2) is 0 Å². The van der Waals surface area contributed by atoms with Gasteiger partial charge in [-0.05, 0) is 50.7 Å². The van der Waals surface area contributed by atoms with E-state index in [1.165, 1.54) is 0 Å². The zero-order valence-corrected chi connectivity index (χ0v) is 25.5. The predicted molar refractivity (Wildman–Crippen MR) is 117 cm³/mol. The van der Waals surface area contributed by atoms with E-state index in [-0.39, 0.29) is 59.8 Å². The molecule has 0 heterocycles. The molecule has 2 N–H and O–H groups in total. The van der Waals surface area contributed by atoms with Crippen LogP contribution in [0.1, 0.15) is 82.5 Å². The van der Waals surface area contributed by atoms with Gasteiger partial charge in [-0.15, -0.1) is 0 Å². The molecule has 0 spiro atoms. The second-order valence-electron chi connectivity index (χ2n) is 7.19. The van der Waals surface area contributed by atoms with Gasteiger partial charge in [-0.25, -0.2) is 0 Å². The summed E-state index contributed by atoms with van der Waals surface area (Å²) in [5.41, 5.74) is 19.7. The van der Waals surface area contributed by atoms with Gasteiger partial charge in [0, 0.05) is 11.1 Å². The number of nitrogens with one attached hydrogen (secondary N) is 2. The summed E-state index contributed by atoms with van der Waals surface area (Å²) in [6.07, 6.45) is 6.17. The molecule has 2 aromatic carbocycles. The number of amides is 2. The van der Waals surface area contributed by atoms with Gasteiger partial charge < -0.3 is 55.0 Å². The van der Waals surface area contributed by atoms with Crippen molar-refractivity contribution < 1.29 is 69.4 Å². The van der Waals surface area contributed by atoms with E-state index in [0.29, 0.717) is 11.1 Å². The number of carbonyl (C=O) groups excluding carboxylic acids is 2. The minimum absolute atomic E-state index is 0. The number of carbonyl (C=O) groups is 2.